The van der Waals surface area contributed by atoms with Crippen molar-refractivity contribution in [2.75, 3.05) is 20.2 Å². The number of benzene rings is 1. The largest absolute Gasteiger partial charge is 0.469 e. The Bertz CT molecular complexity index is 468. The van der Waals surface area contributed by atoms with Gasteiger partial charge < -0.3 is 9.64 Å². The van der Waals surface area contributed by atoms with Gasteiger partial charge in [-0.1, -0.05) is 12.1 Å². The summed E-state index contributed by atoms with van der Waals surface area (Å²) in [5, 5.41) is 0. The van der Waals surface area contributed by atoms with Gasteiger partial charge in [0, 0.05) is 18.7 Å². The average Bonchev–Trinajstić information content (AvgIpc) is 2.41. The maximum atomic E-state index is 12.4. The lowest BCUT2D eigenvalue weighted by Gasteiger charge is -2.21. The Balaban J connectivity index is 2.84. The molecule has 0 saturated heterocycles. The maximum absolute atomic E-state index is 12.4. The Kier molecular flexibility index (Phi) is 5.55. The molecule has 0 aromatic heterocycles. The lowest BCUT2D eigenvalue weighted by Crippen LogP contribution is -2.33. The number of carbonyl (C=O) groups excluding carboxylic acids is 2. The standard InChI is InChI=1S/C15H21NO3/c1-5-16(10-9-14(17)19-4)15(18)13-8-6-7-11(2)12(13)3/h6-8H,5,9-10H2,1-4H3. The molecular formula is C15H21NO3. The van der Waals surface area contributed by atoms with E-state index in [4.69, 9.17) is 0 Å². The Morgan fingerprint density at radius 1 is 1.26 bits per heavy atom. The SMILES string of the molecule is CCN(CCC(=O)OC)C(=O)c1cccc(C)c1C. The van der Waals surface area contributed by atoms with Gasteiger partial charge in [-0.25, -0.2) is 0 Å². The van der Waals surface area contributed by atoms with E-state index in [9.17, 15) is 9.59 Å². The van der Waals surface area contributed by atoms with E-state index in [0.29, 0.717) is 18.7 Å². The second kappa shape index (κ2) is 6.92. The summed E-state index contributed by atoms with van der Waals surface area (Å²) in [4.78, 5) is 25.2. The van der Waals surface area contributed by atoms with Crippen LogP contribution in [0, 0.1) is 13.8 Å². The number of amides is 1. The van der Waals surface area contributed by atoms with E-state index >= 15 is 0 Å². The number of esters is 1. The molecule has 1 aromatic carbocycles. The minimum absolute atomic E-state index is 0.0346. The van der Waals surface area contributed by atoms with Gasteiger partial charge >= 0.3 is 5.97 Å². The van der Waals surface area contributed by atoms with Crippen LogP contribution in [-0.4, -0.2) is 37.0 Å². The summed E-state index contributed by atoms with van der Waals surface area (Å²) in [6, 6.07) is 5.69. The minimum Gasteiger partial charge on any atom is -0.469 e. The van der Waals surface area contributed by atoms with Crippen LogP contribution in [0.3, 0.4) is 0 Å². The second-order valence-electron chi connectivity index (χ2n) is 4.46. The van der Waals surface area contributed by atoms with Crippen LogP contribution in [0.25, 0.3) is 0 Å². The average molecular weight is 263 g/mol. The third-order valence-corrected chi connectivity index (χ3v) is 3.32. The van der Waals surface area contributed by atoms with Crippen molar-refractivity contribution in [3.63, 3.8) is 0 Å². The molecule has 0 spiro atoms. The topological polar surface area (TPSA) is 46.6 Å². The normalized spacial score (nSPS) is 10.1. The van der Waals surface area contributed by atoms with Crippen LogP contribution in [0.15, 0.2) is 18.2 Å². The first-order valence-electron chi connectivity index (χ1n) is 6.43. The number of nitrogens with zero attached hydrogens (tertiary/aromatic N) is 1. The summed E-state index contributed by atoms with van der Waals surface area (Å²) >= 11 is 0. The van der Waals surface area contributed by atoms with Gasteiger partial charge in [-0.05, 0) is 38.0 Å². The zero-order valence-corrected chi connectivity index (χ0v) is 12.0. The molecule has 0 aliphatic heterocycles. The molecule has 0 N–H and O–H groups in total. The molecule has 4 nitrogen and oxygen atoms in total. The van der Waals surface area contributed by atoms with Crippen molar-refractivity contribution in [2.24, 2.45) is 0 Å². The summed E-state index contributed by atoms with van der Waals surface area (Å²) in [6.45, 7) is 6.78. The zero-order valence-electron chi connectivity index (χ0n) is 12.0. The molecule has 1 amide bonds. The van der Waals surface area contributed by atoms with E-state index in [1.54, 1.807) is 4.90 Å². The number of rotatable bonds is 5. The highest BCUT2D eigenvalue weighted by molar-refractivity contribution is 5.96. The molecule has 0 bridgehead atoms. The Morgan fingerprint density at radius 3 is 2.53 bits per heavy atom. The fourth-order valence-electron chi connectivity index (χ4n) is 1.88. The van der Waals surface area contributed by atoms with Crippen molar-refractivity contribution in [3.05, 3.63) is 34.9 Å². The van der Waals surface area contributed by atoms with E-state index in [2.05, 4.69) is 4.74 Å². The van der Waals surface area contributed by atoms with Crippen molar-refractivity contribution < 1.29 is 14.3 Å². The lowest BCUT2D eigenvalue weighted by molar-refractivity contribution is -0.140. The summed E-state index contributed by atoms with van der Waals surface area (Å²) in [5.41, 5.74) is 2.78. The van der Waals surface area contributed by atoms with Crippen molar-refractivity contribution >= 4 is 11.9 Å². The Hall–Kier alpha value is -1.84. The fourth-order valence-corrected chi connectivity index (χ4v) is 1.88. The van der Waals surface area contributed by atoms with E-state index in [1.807, 2.05) is 39.0 Å². The predicted octanol–water partition coefficient (Wildman–Crippen LogP) is 2.33. The molecule has 0 aliphatic carbocycles. The van der Waals surface area contributed by atoms with Gasteiger partial charge in [0.05, 0.1) is 13.5 Å². The van der Waals surface area contributed by atoms with Crippen molar-refractivity contribution in [1.82, 2.24) is 4.90 Å². The van der Waals surface area contributed by atoms with Crippen LogP contribution in [0.4, 0.5) is 0 Å². The van der Waals surface area contributed by atoms with Gasteiger partial charge in [0.1, 0.15) is 0 Å². The van der Waals surface area contributed by atoms with Crippen LogP contribution in [0.5, 0.6) is 0 Å². The zero-order chi connectivity index (χ0) is 14.4. The van der Waals surface area contributed by atoms with Crippen molar-refractivity contribution in [2.45, 2.75) is 27.2 Å². The highest BCUT2D eigenvalue weighted by Gasteiger charge is 2.17. The number of aryl methyl sites for hydroxylation is 1. The molecule has 1 aromatic rings. The number of carbonyl (C=O) groups is 2. The predicted molar refractivity (Wildman–Crippen MR) is 74.1 cm³/mol. The molecule has 0 unspecified atom stereocenters. The number of methoxy groups -OCH3 is 1. The van der Waals surface area contributed by atoms with Gasteiger partial charge in [-0.2, -0.15) is 0 Å². The van der Waals surface area contributed by atoms with Gasteiger partial charge in [0.2, 0.25) is 0 Å². The smallest absolute Gasteiger partial charge is 0.307 e. The first kappa shape index (κ1) is 15.2. The van der Waals surface area contributed by atoms with Crippen molar-refractivity contribution in [3.8, 4) is 0 Å². The van der Waals surface area contributed by atoms with Crippen LogP contribution in [0.1, 0.15) is 34.8 Å². The maximum Gasteiger partial charge on any atom is 0.307 e. The Morgan fingerprint density at radius 2 is 1.95 bits per heavy atom. The molecule has 0 aliphatic rings. The van der Waals surface area contributed by atoms with Gasteiger partial charge in [0.25, 0.3) is 5.91 Å². The molecule has 1 rings (SSSR count). The molecule has 104 valence electrons. The van der Waals surface area contributed by atoms with Gasteiger partial charge in [-0.3, -0.25) is 9.59 Å². The Labute approximate surface area is 114 Å². The highest BCUT2D eigenvalue weighted by Crippen LogP contribution is 2.15. The van der Waals surface area contributed by atoms with E-state index in [-0.39, 0.29) is 18.3 Å². The summed E-state index contributed by atoms with van der Waals surface area (Å²) in [5.74, 6) is -0.334. The monoisotopic (exact) mass is 263 g/mol. The quantitative estimate of drug-likeness (QED) is 0.766. The number of hydrogen-bond acceptors (Lipinski definition) is 3. The highest BCUT2D eigenvalue weighted by atomic mass is 16.5. The fraction of sp³-hybridized carbons (Fsp3) is 0.467. The first-order valence-corrected chi connectivity index (χ1v) is 6.43. The number of ether oxygens (including phenoxy) is 1. The van der Waals surface area contributed by atoms with Crippen LogP contribution in [-0.2, 0) is 9.53 Å². The molecule has 4 heteroatoms. The summed E-state index contributed by atoms with van der Waals surface area (Å²) in [6.07, 6.45) is 0.223. The number of hydrogen-bond donors (Lipinski definition) is 0. The molecule has 0 heterocycles. The van der Waals surface area contributed by atoms with Gasteiger partial charge in [0.15, 0.2) is 0 Å². The van der Waals surface area contributed by atoms with E-state index in [0.717, 1.165) is 11.1 Å². The second-order valence-corrected chi connectivity index (χ2v) is 4.46. The summed E-state index contributed by atoms with van der Waals surface area (Å²) < 4.78 is 4.60. The van der Waals surface area contributed by atoms with Crippen LogP contribution < -0.4 is 0 Å². The van der Waals surface area contributed by atoms with Crippen LogP contribution >= 0.6 is 0 Å². The molecule has 19 heavy (non-hydrogen) atoms. The lowest BCUT2D eigenvalue weighted by atomic mass is 10.0. The molecular weight excluding hydrogens is 242 g/mol. The minimum atomic E-state index is -0.299. The molecule has 0 atom stereocenters. The van der Waals surface area contributed by atoms with E-state index in [1.165, 1.54) is 7.11 Å². The van der Waals surface area contributed by atoms with Gasteiger partial charge in [-0.15, -0.1) is 0 Å². The van der Waals surface area contributed by atoms with Crippen LogP contribution in [0.2, 0.25) is 0 Å². The third kappa shape index (κ3) is 3.81. The third-order valence-electron chi connectivity index (χ3n) is 3.32. The summed E-state index contributed by atoms with van der Waals surface area (Å²) in [7, 11) is 1.35. The first-order chi connectivity index (χ1) is 9.01. The van der Waals surface area contributed by atoms with E-state index < -0.39 is 0 Å². The molecule has 0 radical (unpaired) electrons. The van der Waals surface area contributed by atoms with Crippen molar-refractivity contribution in [1.29, 1.82) is 0 Å². The molecule has 0 fully saturated rings. The molecule has 0 saturated carbocycles.